The molecule has 0 aliphatic heterocycles. The van der Waals surface area contributed by atoms with Crippen LogP contribution >= 0.6 is 11.8 Å². The van der Waals surface area contributed by atoms with Crippen molar-refractivity contribution < 1.29 is 0 Å². The van der Waals surface area contributed by atoms with Crippen molar-refractivity contribution in [3.05, 3.63) is 24.3 Å². The van der Waals surface area contributed by atoms with Crippen LogP contribution in [0.25, 0.3) is 0 Å². The van der Waals surface area contributed by atoms with E-state index in [2.05, 4.69) is 0 Å². The van der Waals surface area contributed by atoms with Crippen LogP contribution < -0.4 is 11.5 Å². The molecule has 12 heavy (non-hydrogen) atoms. The number of nitrogens with two attached hydrogens (primary N) is 2. The van der Waals surface area contributed by atoms with E-state index >= 15 is 0 Å². The van der Waals surface area contributed by atoms with Crippen LogP contribution in [0.15, 0.2) is 29.2 Å². The lowest BCUT2D eigenvalue weighted by molar-refractivity contribution is 0.758. The topological polar surface area (TPSA) is 52.0 Å². The minimum absolute atomic E-state index is 0.268. The van der Waals surface area contributed by atoms with Crippen LogP contribution in [0.2, 0.25) is 0 Å². The van der Waals surface area contributed by atoms with Gasteiger partial charge < -0.3 is 11.5 Å². The third kappa shape index (κ3) is 2.75. The van der Waals surface area contributed by atoms with Gasteiger partial charge in [-0.15, -0.1) is 11.8 Å². The molecule has 0 unspecified atom stereocenters. The van der Waals surface area contributed by atoms with E-state index in [4.69, 9.17) is 11.5 Å². The molecule has 0 saturated heterocycles. The highest BCUT2D eigenvalue weighted by Gasteiger charge is 2.13. The maximum atomic E-state index is 5.84. The Bertz CT molecular complexity index is 265. The molecule has 1 rings (SSSR count). The first kappa shape index (κ1) is 9.42. The number of benzene rings is 1. The van der Waals surface area contributed by atoms with Gasteiger partial charge in [-0.2, -0.15) is 0 Å². The molecule has 0 aliphatic carbocycles. The highest BCUT2D eigenvalue weighted by molar-refractivity contribution is 8.00. The molecular formula is C9H14N2S. The fourth-order valence-corrected chi connectivity index (χ4v) is 1.76. The van der Waals surface area contributed by atoms with Crippen LogP contribution in [-0.2, 0) is 0 Å². The van der Waals surface area contributed by atoms with Gasteiger partial charge in [-0.25, -0.2) is 0 Å². The SMILES string of the molecule is CC(C)(N)Sc1ccccc1N. The fraction of sp³-hybridized carbons (Fsp3) is 0.333. The average molecular weight is 182 g/mol. The standard InChI is InChI=1S/C9H14N2S/c1-9(2,11)12-8-6-4-3-5-7(8)10/h3-6H,10-11H2,1-2H3. The number of hydrogen-bond acceptors (Lipinski definition) is 3. The molecule has 0 aliphatic rings. The summed E-state index contributed by atoms with van der Waals surface area (Å²) in [5, 5.41) is 0. The summed E-state index contributed by atoms with van der Waals surface area (Å²) in [6.07, 6.45) is 0. The zero-order valence-corrected chi connectivity index (χ0v) is 8.19. The number of anilines is 1. The Labute approximate surface area is 77.3 Å². The summed E-state index contributed by atoms with van der Waals surface area (Å²) in [7, 11) is 0. The highest BCUT2D eigenvalue weighted by atomic mass is 32.2. The van der Waals surface area contributed by atoms with E-state index in [0.717, 1.165) is 10.6 Å². The maximum absolute atomic E-state index is 5.84. The van der Waals surface area contributed by atoms with Gasteiger partial charge in [-0.05, 0) is 26.0 Å². The first-order chi connectivity index (χ1) is 5.49. The lowest BCUT2D eigenvalue weighted by atomic mass is 10.3. The maximum Gasteiger partial charge on any atom is 0.0610 e. The Hall–Kier alpha value is -0.670. The molecule has 1 aromatic rings. The molecule has 0 radical (unpaired) electrons. The van der Waals surface area contributed by atoms with Crippen LogP contribution in [0, 0.1) is 0 Å². The van der Waals surface area contributed by atoms with Crippen molar-refractivity contribution in [1.82, 2.24) is 0 Å². The predicted octanol–water partition coefficient (Wildman–Crippen LogP) is 2.06. The van der Waals surface area contributed by atoms with Gasteiger partial charge in [0.25, 0.3) is 0 Å². The van der Waals surface area contributed by atoms with Crippen LogP contribution in [0.1, 0.15) is 13.8 Å². The molecule has 1 aromatic carbocycles. The number of rotatable bonds is 2. The van der Waals surface area contributed by atoms with Crippen LogP contribution in [0.3, 0.4) is 0 Å². The van der Waals surface area contributed by atoms with Gasteiger partial charge in [0, 0.05) is 10.6 Å². The Balaban J connectivity index is 2.83. The van der Waals surface area contributed by atoms with E-state index in [1.165, 1.54) is 0 Å². The summed E-state index contributed by atoms with van der Waals surface area (Å²) in [5.41, 5.74) is 12.4. The largest absolute Gasteiger partial charge is 0.398 e. The molecule has 0 atom stereocenters. The lowest BCUT2D eigenvalue weighted by Crippen LogP contribution is -2.26. The third-order valence-electron chi connectivity index (χ3n) is 1.29. The van der Waals surface area contributed by atoms with E-state index in [-0.39, 0.29) is 4.87 Å². The van der Waals surface area contributed by atoms with Gasteiger partial charge in [0.15, 0.2) is 0 Å². The second kappa shape index (κ2) is 3.37. The van der Waals surface area contributed by atoms with Crippen molar-refractivity contribution in [3.8, 4) is 0 Å². The molecule has 3 heteroatoms. The monoisotopic (exact) mass is 182 g/mol. The average Bonchev–Trinajstić information content (AvgIpc) is 1.91. The minimum Gasteiger partial charge on any atom is -0.398 e. The van der Waals surface area contributed by atoms with Gasteiger partial charge in [-0.1, -0.05) is 12.1 Å². The van der Waals surface area contributed by atoms with Gasteiger partial charge in [-0.3, -0.25) is 0 Å². The molecule has 66 valence electrons. The van der Waals surface area contributed by atoms with E-state index in [0.29, 0.717) is 0 Å². The summed E-state index contributed by atoms with van der Waals surface area (Å²) in [5.74, 6) is 0. The van der Waals surface area contributed by atoms with Gasteiger partial charge in [0.05, 0.1) is 4.87 Å². The number of thioether (sulfide) groups is 1. The minimum atomic E-state index is -0.268. The molecule has 0 saturated carbocycles. The quantitative estimate of drug-likeness (QED) is 0.418. The second-order valence-corrected chi connectivity index (χ2v) is 4.94. The first-order valence-corrected chi connectivity index (χ1v) is 4.63. The highest BCUT2D eigenvalue weighted by Crippen LogP contribution is 2.31. The normalized spacial score (nSPS) is 11.6. The molecule has 0 heterocycles. The Morgan fingerprint density at radius 2 is 1.83 bits per heavy atom. The van der Waals surface area contributed by atoms with Crippen LogP contribution in [0.5, 0.6) is 0 Å². The molecule has 4 N–H and O–H groups in total. The predicted molar refractivity (Wildman–Crippen MR) is 55.0 cm³/mol. The molecule has 0 bridgehead atoms. The van der Waals surface area contributed by atoms with Crippen LogP contribution in [-0.4, -0.2) is 4.87 Å². The number of para-hydroxylation sites is 1. The van der Waals surface area contributed by atoms with E-state index in [1.54, 1.807) is 11.8 Å². The molecule has 2 nitrogen and oxygen atoms in total. The van der Waals surface area contributed by atoms with Gasteiger partial charge >= 0.3 is 0 Å². The number of hydrogen-bond donors (Lipinski definition) is 2. The summed E-state index contributed by atoms with van der Waals surface area (Å²) in [6, 6.07) is 7.75. The Kier molecular flexibility index (Phi) is 2.65. The summed E-state index contributed by atoms with van der Waals surface area (Å²) in [6.45, 7) is 3.92. The van der Waals surface area contributed by atoms with Crippen molar-refractivity contribution in [3.63, 3.8) is 0 Å². The Morgan fingerprint density at radius 3 is 2.33 bits per heavy atom. The molecule has 0 spiro atoms. The van der Waals surface area contributed by atoms with Crippen molar-refractivity contribution in [2.45, 2.75) is 23.6 Å². The van der Waals surface area contributed by atoms with Crippen molar-refractivity contribution in [1.29, 1.82) is 0 Å². The first-order valence-electron chi connectivity index (χ1n) is 3.81. The fourth-order valence-electron chi connectivity index (χ4n) is 0.857. The molecular weight excluding hydrogens is 168 g/mol. The third-order valence-corrected chi connectivity index (χ3v) is 2.41. The molecule has 0 aromatic heterocycles. The van der Waals surface area contributed by atoms with Gasteiger partial charge in [0.1, 0.15) is 0 Å². The van der Waals surface area contributed by atoms with Crippen molar-refractivity contribution >= 4 is 17.4 Å². The van der Waals surface area contributed by atoms with Gasteiger partial charge in [0.2, 0.25) is 0 Å². The van der Waals surface area contributed by atoms with Crippen LogP contribution in [0.4, 0.5) is 5.69 Å². The van der Waals surface area contributed by atoms with Crippen molar-refractivity contribution in [2.75, 3.05) is 5.73 Å². The number of nitrogen functional groups attached to an aromatic ring is 1. The lowest BCUT2D eigenvalue weighted by Gasteiger charge is -2.18. The smallest absolute Gasteiger partial charge is 0.0610 e. The van der Waals surface area contributed by atoms with E-state index in [1.807, 2.05) is 38.1 Å². The van der Waals surface area contributed by atoms with Crippen molar-refractivity contribution in [2.24, 2.45) is 5.73 Å². The summed E-state index contributed by atoms with van der Waals surface area (Å²) in [4.78, 5) is 0.778. The van der Waals surface area contributed by atoms with E-state index < -0.39 is 0 Å². The second-order valence-electron chi connectivity index (χ2n) is 3.24. The molecule has 0 amide bonds. The molecule has 0 fully saturated rings. The zero-order valence-electron chi connectivity index (χ0n) is 7.37. The Morgan fingerprint density at radius 1 is 1.25 bits per heavy atom. The zero-order chi connectivity index (χ0) is 9.19. The summed E-state index contributed by atoms with van der Waals surface area (Å²) < 4.78 is 0. The summed E-state index contributed by atoms with van der Waals surface area (Å²) >= 11 is 1.58. The van der Waals surface area contributed by atoms with E-state index in [9.17, 15) is 0 Å².